The number of hydrogen-bond acceptors (Lipinski definition) is 3. The molecular weight excluding hydrogens is 324 g/mol. The number of aromatic hydroxyl groups is 1. The lowest BCUT2D eigenvalue weighted by atomic mass is 10.0. The number of carbonyl (C=O) groups is 2. The Balaban J connectivity index is 2.25. The van der Waals surface area contributed by atoms with Crippen molar-refractivity contribution in [3.05, 3.63) is 28.2 Å². The van der Waals surface area contributed by atoms with Crippen LogP contribution in [0, 0.1) is 0 Å². The summed E-state index contributed by atoms with van der Waals surface area (Å²) in [7, 11) is 0. The van der Waals surface area contributed by atoms with Crippen molar-refractivity contribution in [2.75, 3.05) is 13.1 Å². The Labute approximate surface area is 126 Å². The maximum atomic E-state index is 12.5. The highest BCUT2D eigenvalue weighted by atomic mass is 79.9. The summed E-state index contributed by atoms with van der Waals surface area (Å²) in [5.41, 5.74) is 0.390. The summed E-state index contributed by atoms with van der Waals surface area (Å²) in [4.78, 5) is 26.0. The molecule has 0 aromatic heterocycles. The molecule has 1 aromatic rings. The van der Waals surface area contributed by atoms with Gasteiger partial charge in [0.25, 0.3) is 5.91 Å². The fraction of sp³-hybridized carbons (Fsp3) is 0.429. The SMILES string of the molecule is CCC[C@H]1C(=O)NCCN1C(=O)c1ccc(Br)c(O)c1. The molecule has 1 aromatic carbocycles. The molecule has 2 rings (SSSR count). The zero-order valence-corrected chi connectivity index (χ0v) is 12.8. The molecule has 20 heavy (non-hydrogen) atoms. The molecule has 0 unspecified atom stereocenters. The van der Waals surface area contributed by atoms with E-state index >= 15 is 0 Å². The van der Waals surface area contributed by atoms with Gasteiger partial charge in [0, 0.05) is 18.7 Å². The van der Waals surface area contributed by atoms with Crippen LogP contribution in [0.2, 0.25) is 0 Å². The van der Waals surface area contributed by atoms with Crippen LogP contribution in [0.25, 0.3) is 0 Å². The third-order valence-corrected chi connectivity index (χ3v) is 4.02. The number of nitrogens with zero attached hydrogens (tertiary/aromatic N) is 1. The van der Waals surface area contributed by atoms with Crippen LogP contribution in [0.5, 0.6) is 5.75 Å². The summed E-state index contributed by atoms with van der Waals surface area (Å²) in [6.45, 7) is 2.94. The minimum Gasteiger partial charge on any atom is -0.507 e. The number of piperazine rings is 1. The molecule has 0 bridgehead atoms. The molecule has 0 saturated carbocycles. The van der Waals surface area contributed by atoms with Gasteiger partial charge in [-0.2, -0.15) is 0 Å². The van der Waals surface area contributed by atoms with E-state index in [-0.39, 0.29) is 17.6 Å². The van der Waals surface area contributed by atoms with Gasteiger partial charge in [0.15, 0.2) is 0 Å². The molecule has 1 heterocycles. The molecule has 1 fully saturated rings. The topological polar surface area (TPSA) is 69.6 Å². The van der Waals surface area contributed by atoms with Crippen molar-refractivity contribution in [3.8, 4) is 5.75 Å². The summed E-state index contributed by atoms with van der Waals surface area (Å²) in [5, 5.41) is 12.5. The van der Waals surface area contributed by atoms with Gasteiger partial charge in [-0.1, -0.05) is 13.3 Å². The molecule has 6 heteroatoms. The van der Waals surface area contributed by atoms with E-state index < -0.39 is 6.04 Å². The lowest BCUT2D eigenvalue weighted by Gasteiger charge is -2.35. The number of phenols is 1. The van der Waals surface area contributed by atoms with Gasteiger partial charge < -0.3 is 15.3 Å². The van der Waals surface area contributed by atoms with Crippen molar-refractivity contribution in [1.82, 2.24) is 10.2 Å². The Kier molecular flexibility index (Phi) is 4.65. The van der Waals surface area contributed by atoms with Gasteiger partial charge in [0.2, 0.25) is 5.91 Å². The molecule has 0 spiro atoms. The Hall–Kier alpha value is -1.56. The van der Waals surface area contributed by atoms with Crippen LogP contribution in [0.15, 0.2) is 22.7 Å². The minimum absolute atomic E-state index is 0.0179. The Morgan fingerprint density at radius 2 is 2.30 bits per heavy atom. The average Bonchev–Trinajstić information content (AvgIpc) is 2.43. The van der Waals surface area contributed by atoms with E-state index in [9.17, 15) is 14.7 Å². The first-order chi connectivity index (χ1) is 9.54. The number of rotatable bonds is 3. The first-order valence-corrected chi connectivity index (χ1v) is 7.41. The van der Waals surface area contributed by atoms with Crippen LogP contribution in [0.1, 0.15) is 30.1 Å². The highest BCUT2D eigenvalue weighted by Gasteiger charge is 2.32. The van der Waals surface area contributed by atoms with E-state index in [0.717, 1.165) is 6.42 Å². The Morgan fingerprint density at radius 1 is 1.55 bits per heavy atom. The Bertz CT molecular complexity index is 533. The number of phenolic OH excluding ortho intramolecular Hbond substituents is 1. The van der Waals surface area contributed by atoms with Gasteiger partial charge in [-0.05, 0) is 40.5 Å². The van der Waals surface area contributed by atoms with Crippen LogP contribution >= 0.6 is 15.9 Å². The normalized spacial score (nSPS) is 18.8. The first-order valence-electron chi connectivity index (χ1n) is 6.61. The van der Waals surface area contributed by atoms with Gasteiger partial charge in [-0.15, -0.1) is 0 Å². The van der Waals surface area contributed by atoms with Crippen LogP contribution in [0.4, 0.5) is 0 Å². The van der Waals surface area contributed by atoms with E-state index in [1.54, 1.807) is 17.0 Å². The number of hydrogen-bond donors (Lipinski definition) is 2. The largest absolute Gasteiger partial charge is 0.507 e. The van der Waals surface area contributed by atoms with Crippen molar-refractivity contribution in [2.24, 2.45) is 0 Å². The Morgan fingerprint density at radius 3 is 2.95 bits per heavy atom. The van der Waals surface area contributed by atoms with E-state index in [0.29, 0.717) is 29.5 Å². The third-order valence-electron chi connectivity index (χ3n) is 3.35. The predicted molar refractivity (Wildman–Crippen MR) is 78.5 cm³/mol. The standard InChI is InChI=1S/C14H17BrN2O3/c1-2-3-11-13(19)16-6-7-17(11)14(20)9-4-5-10(15)12(18)8-9/h4-5,8,11,18H,2-3,6-7H2,1H3,(H,16,19)/t11-/m0/s1. The maximum absolute atomic E-state index is 12.5. The first kappa shape index (κ1) is 14.8. The van der Waals surface area contributed by atoms with Gasteiger partial charge in [0.1, 0.15) is 11.8 Å². The number of amides is 2. The zero-order chi connectivity index (χ0) is 14.7. The van der Waals surface area contributed by atoms with Crippen molar-refractivity contribution in [2.45, 2.75) is 25.8 Å². The molecular formula is C14H17BrN2O3. The highest BCUT2D eigenvalue weighted by molar-refractivity contribution is 9.10. The monoisotopic (exact) mass is 340 g/mol. The number of halogens is 1. The van der Waals surface area contributed by atoms with E-state index in [4.69, 9.17) is 0 Å². The fourth-order valence-corrected chi connectivity index (χ4v) is 2.58. The molecule has 2 amide bonds. The molecule has 1 aliphatic heterocycles. The average molecular weight is 341 g/mol. The zero-order valence-electron chi connectivity index (χ0n) is 11.2. The van der Waals surface area contributed by atoms with Crippen LogP contribution in [-0.4, -0.2) is 41.0 Å². The molecule has 108 valence electrons. The fourth-order valence-electron chi connectivity index (χ4n) is 2.33. The van der Waals surface area contributed by atoms with Crippen LogP contribution < -0.4 is 5.32 Å². The highest BCUT2D eigenvalue weighted by Crippen LogP contribution is 2.25. The number of benzene rings is 1. The van der Waals surface area contributed by atoms with E-state index in [1.807, 2.05) is 6.92 Å². The maximum Gasteiger partial charge on any atom is 0.254 e. The minimum atomic E-state index is -0.424. The van der Waals surface area contributed by atoms with Crippen molar-refractivity contribution >= 4 is 27.7 Å². The van der Waals surface area contributed by atoms with Crippen LogP contribution in [0.3, 0.4) is 0 Å². The summed E-state index contributed by atoms with van der Waals surface area (Å²) < 4.78 is 0.538. The van der Waals surface area contributed by atoms with Gasteiger partial charge >= 0.3 is 0 Å². The smallest absolute Gasteiger partial charge is 0.254 e. The van der Waals surface area contributed by atoms with Crippen LogP contribution in [-0.2, 0) is 4.79 Å². The second-order valence-electron chi connectivity index (χ2n) is 4.76. The summed E-state index contributed by atoms with van der Waals surface area (Å²) >= 11 is 3.18. The van der Waals surface area contributed by atoms with Crippen molar-refractivity contribution < 1.29 is 14.7 Å². The molecule has 5 nitrogen and oxygen atoms in total. The van der Waals surface area contributed by atoms with Crippen molar-refractivity contribution in [3.63, 3.8) is 0 Å². The molecule has 1 aliphatic rings. The molecule has 0 radical (unpaired) electrons. The van der Waals surface area contributed by atoms with Gasteiger partial charge in [0.05, 0.1) is 4.47 Å². The molecule has 1 saturated heterocycles. The van der Waals surface area contributed by atoms with Crippen molar-refractivity contribution in [1.29, 1.82) is 0 Å². The summed E-state index contributed by atoms with van der Waals surface area (Å²) in [6.07, 6.45) is 1.47. The molecule has 1 atom stereocenters. The third kappa shape index (κ3) is 2.95. The summed E-state index contributed by atoms with van der Waals surface area (Å²) in [5.74, 6) is -0.307. The van der Waals surface area contributed by atoms with Gasteiger partial charge in [-0.25, -0.2) is 0 Å². The lowest BCUT2D eigenvalue weighted by molar-refractivity contribution is -0.128. The predicted octanol–water partition coefficient (Wildman–Crippen LogP) is 1.90. The molecule has 0 aliphatic carbocycles. The second-order valence-corrected chi connectivity index (χ2v) is 5.61. The summed E-state index contributed by atoms with van der Waals surface area (Å²) in [6, 6.07) is 4.26. The number of nitrogens with one attached hydrogen (secondary N) is 1. The quantitative estimate of drug-likeness (QED) is 0.882. The molecule has 2 N–H and O–H groups in total. The second kappa shape index (κ2) is 6.26. The van der Waals surface area contributed by atoms with Gasteiger partial charge in [-0.3, -0.25) is 9.59 Å². The van der Waals surface area contributed by atoms with E-state index in [1.165, 1.54) is 6.07 Å². The lowest BCUT2D eigenvalue weighted by Crippen LogP contribution is -2.57. The number of carbonyl (C=O) groups excluding carboxylic acids is 2. The van der Waals surface area contributed by atoms with E-state index in [2.05, 4.69) is 21.2 Å².